The molecule has 96 valence electrons. The van der Waals surface area contributed by atoms with Gasteiger partial charge < -0.3 is 15.8 Å². The van der Waals surface area contributed by atoms with Gasteiger partial charge in [-0.25, -0.2) is 0 Å². The van der Waals surface area contributed by atoms with E-state index < -0.39 is 0 Å². The van der Waals surface area contributed by atoms with Crippen molar-refractivity contribution < 1.29 is 4.74 Å². The van der Waals surface area contributed by atoms with Crippen LogP contribution in [-0.4, -0.2) is 32.8 Å². The lowest BCUT2D eigenvalue weighted by molar-refractivity contribution is 0.121. The lowest BCUT2D eigenvalue weighted by Gasteiger charge is -2.19. The van der Waals surface area contributed by atoms with Crippen molar-refractivity contribution in [2.24, 2.45) is 23.5 Å². The monoisotopic (exact) mass is 228 g/mol. The highest BCUT2D eigenvalue weighted by Gasteiger charge is 2.20. The summed E-state index contributed by atoms with van der Waals surface area (Å²) in [6, 6.07) is 0. The molecule has 1 rings (SSSR count). The fraction of sp³-hybridized carbons (Fsp3) is 1.00. The average Bonchev–Trinajstić information content (AvgIpc) is 3.05. The van der Waals surface area contributed by atoms with Crippen LogP contribution < -0.4 is 11.1 Å². The number of hydrogen-bond donors (Lipinski definition) is 2. The fourth-order valence-corrected chi connectivity index (χ4v) is 1.71. The van der Waals surface area contributed by atoms with E-state index in [0.717, 1.165) is 45.2 Å². The van der Waals surface area contributed by atoms with E-state index in [0.29, 0.717) is 11.8 Å². The molecule has 1 aliphatic carbocycles. The molecule has 3 heteroatoms. The highest BCUT2D eigenvalue weighted by molar-refractivity contribution is 4.72. The number of nitrogens with two attached hydrogens (primary N) is 1. The van der Waals surface area contributed by atoms with Gasteiger partial charge in [0, 0.05) is 13.2 Å². The Labute approximate surface area is 100 Å². The third-order valence-electron chi connectivity index (χ3n) is 3.34. The second-order valence-electron chi connectivity index (χ2n) is 5.32. The quantitative estimate of drug-likeness (QED) is 0.559. The number of rotatable bonds is 10. The summed E-state index contributed by atoms with van der Waals surface area (Å²) in [5.41, 5.74) is 5.71. The summed E-state index contributed by atoms with van der Waals surface area (Å²) in [6.45, 7) is 9.22. The smallest absolute Gasteiger partial charge is 0.0494 e. The van der Waals surface area contributed by atoms with Gasteiger partial charge in [0.05, 0.1) is 0 Å². The van der Waals surface area contributed by atoms with E-state index in [4.69, 9.17) is 10.5 Å². The summed E-state index contributed by atoms with van der Waals surface area (Å²) in [4.78, 5) is 0. The van der Waals surface area contributed by atoms with Crippen molar-refractivity contribution in [2.75, 3.05) is 32.8 Å². The second-order valence-corrected chi connectivity index (χ2v) is 5.32. The Kier molecular flexibility index (Phi) is 7.01. The number of nitrogens with one attached hydrogen (secondary N) is 1. The van der Waals surface area contributed by atoms with E-state index in [9.17, 15) is 0 Å². The van der Waals surface area contributed by atoms with E-state index in [1.807, 2.05) is 0 Å². The average molecular weight is 228 g/mol. The molecule has 1 unspecified atom stereocenters. The zero-order chi connectivity index (χ0) is 11.8. The molecule has 0 saturated heterocycles. The van der Waals surface area contributed by atoms with Crippen molar-refractivity contribution in [1.29, 1.82) is 0 Å². The first-order chi connectivity index (χ1) is 7.74. The Balaban J connectivity index is 1.82. The molecule has 0 bridgehead atoms. The van der Waals surface area contributed by atoms with Crippen LogP contribution in [0.25, 0.3) is 0 Å². The van der Waals surface area contributed by atoms with Crippen LogP contribution in [0.5, 0.6) is 0 Å². The molecule has 0 radical (unpaired) electrons. The topological polar surface area (TPSA) is 47.3 Å². The summed E-state index contributed by atoms with van der Waals surface area (Å²) >= 11 is 0. The highest BCUT2D eigenvalue weighted by atomic mass is 16.5. The third-order valence-corrected chi connectivity index (χ3v) is 3.34. The van der Waals surface area contributed by atoms with Gasteiger partial charge in [0.15, 0.2) is 0 Å². The first kappa shape index (κ1) is 13.9. The number of ether oxygens (including phenoxy) is 1. The first-order valence-corrected chi connectivity index (χ1v) is 6.72. The molecule has 3 N–H and O–H groups in total. The molecule has 1 aliphatic rings. The molecule has 1 atom stereocenters. The van der Waals surface area contributed by atoms with Crippen molar-refractivity contribution in [2.45, 2.75) is 33.1 Å². The molecule has 16 heavy (non-hydrogen) atoms. The minimum atomic E-state index is 0.604. The predicted octanol–water partition coefficient (Wildman–Crippen LogP) is 1.62. The summed E-state index contributed by atoms with van der Waals surface area (Å²) in [5.74, 6) is 2.16. The van der Waals surface area contributed by atoms with Gasteiger partial charge in [0.25, 0.3) is 0 Å². The van der Waals surface area contributed by atoms with Gasteiger partial charge in [0.1, 0.15) is 0 Å². The van der Waals surface area contributed by atoms with Gasteiger partial charge in [-0.15, -0.1) is 0 Å². The molecule has 3 nitrogen and oxygen atoms in total. The normalized spacial score (nSPS) is 18.0. The van der Waals surface area contributed by atoms with Gasteiger partial charge >= 0.3 is 0 Å². The van der Waals surface area contributed by atoms with Gasteiger partial charge in [-0.1, -0.05) is 13.8 Å². The summed E-state index contributed by atoms with van der Waals surface area (Å²) in [5, 5.41) is 3.46. The van der Waals surface area contributed by atoms with Gasteiger partial charge in [-0.05, 0) is 56.7 Å². The van der Waals surface area contributed by atoms with Crippen LogP contribution in [0, 0.1) is 17.8 Å². The van der Waals surface area contributed by atoms with Gasteiger partial charge in [-0.2, -0.15) is 0 Å². The molecule has 0 aromatic rings. The lowest BCUT2D eigenvalue weighted by Crippen LogP contribution is -2.32. The minimum Gasteiger partial charge on any atom is -0.381 e. The Hall–Kier alpha value is -0.120. The van der Waals surface area contributed by atoms with Crippen LogP contribution in [-0.2, 0) is 4.74 Å². The summed E-state index contributed by atoms with van der Waals surface area (Å²) < 4.78 is 5.57. The van der Waals surface area contributed by atoms with Crippen LogP contribution in [0.4, 0.5) is 0 Å². The molecular weight excluding hydrogens is 200 g/mol. The zero-order valence-corrected chi connectivity index (χ0v) is 10.9. The van der Waals surface area contributed by atoms with Crippen LogP contribution >= 0.6 is 0 Å². The maximum absolute atomic E-state index is 5.71. The first-order valence-electron chi connectivity index (χ1n) is 6.72. The fourth-order valence-electron chi connectivity index (χ4n) is 1.71. The predicted molar refractivity (Wildman–Crippen MR) is 68.4 cm³/mol. The largest absolute Gasteiger partial charge is 0.381 e. The van der Waals surface area contributed by atoms with E-state index in [1.54, 1.807) is 0 Å². The third kappa shape index (κ3) is 6.46. The lowest BCUT2D eigenvalue weighted by atomic mass is 9.96. The van der Waals surface area contributed by atoms with Crippen molar-refractivity contribution >= 4 is 0 Å². The molecule has 0 heterocycles. The molecular formula is C13H28N2O. The van der Waals surface area contributed by atoms with Crippen LogP contribution in [0.3, 0.4) is 0 Å². The van der Waals surface area contributed by atoms with Crippen molar-refractivity contribution in [3.05, 3.63) is 0 Å². The maximum atomic E-state index is 5.71. The Morgan fingerprint density at radius 1 is 1.38 bits per heavy atom. The summed E-state index contributed by atoms with van der Waals surface area (Å²) in [7, 11) is 0. The van der Waals surface area contributed by atoms with E-state index in [-0.39, 0.29) is 0 Å². The van der Waals surface area contributed by atoms with Crippen molar-refractivity contribution in [3.8, 4) is 0 Å². The molecule has 0 aromatic carbocycles. The van der Waals surface area contributed by atoms with E-state index >= 15 is 0 Å². The van der Waals surface area contributed by atoms with Crippen LogP contribution in [0.2, 0.25) is 0 Å². The van der Waals surface area contributed by atoms with Gasteiger partial charge in [-0.3, -0.25) is 0 Å². The second kappa shape index (κ2) is 8.04. The molecule has 1 fully saturated rings. The molecule has 1 saturated carbocycles. The van der Waals surface area contributed by atoms with Crippen molar-refractivity contribution in [3.63, 3.8) is 0 Å². The molecule has 0 aromatic heterocycles. The Bertz CT molecular complexity index is 169. The highest BCUT2D eigenvalue weighted by Crippen LogP contribution is 2.28. The van der Waals surface area contributed by atoms with Gasteiger partial charge in [0.2, 0.25) is 0 Å². The van der Waals surface area contributed by atoms with E-state index in [1.165, 1.54) is 12.8 Å². The minimum absolute atomic E-state index is 0.604. The Morgan fingerprint density at radius 2 is 2.12 bits per heavy atom. The number of hydrogen-bond acceptors (Lipinski definition) is 3. The molecule has 0 aliphatic heterocycles. The maximum Gasteiger partial charge on any atom is 0.0494 e. The van der Waals surface area contributed by atoms with Crippen LogP contribution in [0.15, 0.2) is 0 Å². The SMILES string of the molecule is CC(C)C(CN)CNCCCOCC1CC1. The standard InChI is InChI=1S/C13H28N2O/c1-11(2)13(8-14)9-15-6-3-7-16-10-12-4-5-12/h11-13,15H,3-10,14H2,1-2H3. The molecule has 0 spiro atoms. The molecule has 0 amide bonds. The van der Waals surface area contributed by atoms with Crippen molar-refractivity contribution in [1.82, 2.24) is 5.32 Å². The van der Waals surface area contributed by atoms with Crippen LogP contribution in [0.1, 0.15) is 33.1 Å². The zero-order valence-electron chi connectivity index (χ0n) is 10.9. The summed E-state index contributed by atoms with van der Waals surface area (Å²) in [6.07, 6.45) is 3.87. The Morgan fingerprint density at radius 3 is 2.69 bits per heavy atom. The van der Waals surface area contributed by atoms with E-state index in [2.05, 4.69) is 19.2 Å².